The van der Waals surface area contributed by atoms with Crippen molar-refractivity contribution in [1.29, 1.82) is 0 Å². The fraction of sp³-hybridized carbons (Fsp3) is 0.545. The predicted octanol–water partition coefficient (Wildman–Crippen LogP) is -0.292. The van der Waals surface area contributed by atoms with Gasteiger partial charge in [0.05, 0.1) is 6.54 Å². The molecule has 1 aliphatic heterocycles. The molecule has 0 bridgehead atoms. The summed E-state index contributed by atoms with van der Waals surface area (Å²) in [5.41, 5.74) is 0.170. The normalized spacial score (nSPS) is 17.6. The molecule has 0 aromatic carbocycles. The zero-order chi connectivity index (χ0) is 13.0. The molecule has 0 unspecified atom stereocenters. The van der Waals surface area contributed by atoms with Gasteiger partial charge in [-0.1, -0.05) is 6.08 Å². The van der Waals surface area contributed by atoms with E-state index in [1.54, 1.807) is 0 Å². The minimum atomic E-state index is -1.02. The largest absolute Gasteiger partial charge is 0.478 e. The number of piperazine rings is 1. The summed E-state index contributed by atoms with van der Waals surface area (Å²) in [5.74, 6) is -1.27. The van der Waals surface area contributed by atoms with Gasteiger partial charge in [0.1, 0.15) is 6.54 Å². The zero-order valence-electron chi connectivity index (χ0n) is 9.97. The first kappa shape index (κ1) is 13.2. The van der Waals surface area contributed by atoms with Gasteiger partial charge in [-0.05, 0) is 13.8 Å². The number of carbonyl (C=O) groups excluding carboxylic acids is 2. The highest BCUT2D eigenvalue weighted by atomic mass is 16.4. The molecule has 94 valence electrons. The van der Waals surface area contributed by atoms with Crippen LogP contribution >= 0.6 is 0 Å². The van der Waals surface area contributed by atoms with Gasteiger partial charge in [0.25, 0.3) is 0 Å². The van der Waals surface area contributed by atoms with E-state index in [9.17, 15) is 14.4 Å². The number of likely N-dealkylation sites (N-methyl/N-ethyl adjacent to an activating group) is 1. The second-order valence-corrected chi connectivity index (χ2v) is 3.87. The Morgan fingerprint density at radius 1 is 1.29 bits per heavy atom. The maximum atomic E-state index is 11.6. The van der Waals surface area contributed by atoms with Crippen molar-refractivity contribution in [3.63, 3.8) is 0 Å². The van der Waals surface area contributed by atoms with Crippen molar-refractivity contribution in [1.82, 2.24) is 9.80 Å². The Balaban J connectivity index is 2.62. The van der Waals surface area contributed by atoms with Crippen LogP contribution in [0.5, 0.6) is 0 Å². The third kappa shape index (κ3) is 3.30. The molecule has 1 N–H and O–H groups in total. The van der Waals surface area contributed by atoms with Gasteiger partial charge >= 0.3 is 5.97 Å². The van der Waals surface area contributed by atoms with Crippen molar-refractivity contribution < 1.29 is 19.5 Å². The molecule has 2 amide bonds. The summed E-state index contributed by atoms with van der Waals surface area (Å²) in [6.45, 7) is 4.06. The molecule has 1 rings (SSSR count). The topological polar surface area (TPSA) is 77.9 Å². The number of aliphatic carboxylic acids is 1. The van der Waals surface area contributed by atoms with Crippen LogP contribution in [-0.4, -0.2) is 58.9 Å². The smallest absolute Gasteiger partial charge is 0.331 e. The number of amides is 2. The maximum Gasteiger partial charge on any atom is 0.331 e. The van der Waals surface area contributed by atoms with Crippen LogP contribution in [0.3, 0.4) is 0 Å². The first-order chi connectivity index (χ1) is 7.95. The third-order valence-corrected chi connectivity index (χ3v) is 2.69. The summed E-state index contributed by atoms with van der Waals surface area (Å²) in [4.78, 5) is 36.6. The van der Waals surface area contributed by atoms with E-state index in [1.165, 1.54) is 22.8 Å². The number of carboxylic acids is 1. The molecule has 0 aromatic rings. The van der Waals surface area contributed by atoms with Crippen LogP contribution in [-0.2, 0) is 14.4 Å². The molecule has 1 fully saturated rings. The Bertz CT molecular complexity index is 376. The van der Waals surface area contributed by atoms with E-state index in [2.05, 4.69) is 0 Å². The summed E-state index contributed by atoms with van der Waals surface area (Å²) in [6.07, 6.45) is 1.44. The lowest BCUT2D eigenvalue weighted by molar-refractivity contribution is -0.149. The first-order valence-corrected chi connectivity index (χ1v) is 5.41. The van der Waals surface area contributed by atoms with E-state index in [-0.39, 0.29) is 37.0 Å². The van der Waals surface area contributed by atoms with Crippen molar-refractivity contribution in [3.05, 3.63) is 11.6 Å². The summed E-state index contributed by atoms with van der Waals surface area (Å²) < 4.78 is 0. The molecule has 1 aliphatic rings. The highest BCUT2D eigenvalue weighted by Gasteiger charge is 2.27. The molecule has 6 nitrogen and oxygen atoms in total. The van der Waals surface area contributed by atoms with Gasteiger partial charge in [-0.15, -0.1) is 0 Å². The second kappa shape index (κ2) is 5.47. The summed E-state index contributed by atoms with van der Waals surface area (Å²) in [5, 5.41) is 8.66. The Kier molecular flexibility index (Phi) is 4.25. The molecule has 1 heterocycles. The quantitative estimate of drug-likeness (QED) is 0.685. The van der Waals surface area contributed by atoms with Crippen LogP contribution in [0.1, 0.15) is 13.8 Å². The fourth-order valence-electron chi connectivity index (χ4n) is 1.49. The average molecular weight is 240 g/mol. The Labute approximate surface area is 99.5 Å². The number of hydrogen-bond donors (Lipinski definition) is 1. The molecule has 17 heavy (non-hydrogen) atoms. The minimum absolute atomic E-state index is 0.0239. The molecule has 6 heteroatoms. The number of carbonyl (C=O) groups is 3. The molecule has 0 radical (unpaired) electrons. The van der Waals surface area contributed by atoms with Crippen LogP contribution in [0.4, 0.5) is 0 Å². The van der Waals surface area contributed by atoms with Crippen molar-refractivity contribution >= 4 is 17.8 Å². The molecule has 0 atom stereocenters. The van der Waals surface area contributed by atoms with Crippen LogP contribution in [0, 0.1) is 0 Å². The average Bonchev–Trinajstić information content (AvgIpc) is 2.29. The lowest BCUT2D eigenvalue weighted by Gasteiger charge is -2.32. The number of nitrogens with zero attached hydrogens (tertiary/aromatic N) is 2. The second-order valence-electron chi connectivity index (χ2n) is 3.87. The van der Waals surface area contributed by atoms with Gasteiger partial charge in [-0.25, -0.2) is 4.79 Å². The van der Waals surface area contributed by atoms with E-state index in [0.29, 0.717) is 6.54 Å². The fourth-order valence-corrected chi connectivity index (χ4v) is 1.49. The molecule has 0 aromatic heterocycles. The van der Waals surface area contributed by atoms with Gasteiger partial charge in [0.15, 0.2) is 0 Å². The van der Waals surface area contributed by atoms with Crippen LogP contribution < -0.4 is 0 Å². The SMILES string of the molecule is CCN1CC(=O)N(CC=C(C)C(=O)O)CC1=O. The van der Waals surface area contributed by atoms with Crippen LogP contribution in [0.25, 0.3) is 0 Å². The van der Waals surface area contributed by atoms with E-state index < -0.39 is 5.97 Å². The summed E-state index contributed by atoms with van der Waals surface area (Å²) >= 11 is 0. The predicted molar refractivity (Wildman–Crippen MR) is 60.2 cm³/mol. The van der Waals surface area contributed by atoms with Gasteiger partial charge in [-0.3, -0.25) is 9.59 Å². The van der Waals surface area contributed by atoms with E-state index in [1.807, 2.05) is 6.92 Å². The minimum Gasteiger partial charge on any atom is -0.478 e. The molecular formula is C11H16N2O4. The Morgan fingerprint density at radius 2 is 1.82 bits per heavy atom. The molecule has 0 saturated carbocycles. The standard InChI is InChI=1S/C11H16N2O4/c1-3-12-6-10(15)13(7-9(12)14)5-4-8(2)11(16)17/h4H,3,5-7H2,1-2H3,(H,16,17). The highest BCUT2D eigenvalue weighted by molar-refractivity contribution is 5.92. The van der Waals surface area contributed by atoms with Gasteiger partial charge in [0.2, 0.25) is 11.8 Å². The van der Waals surface area contributed by atoms with Crippen LogP contribution in [0.2, 0.25) is 0 Å². The molecule has 0 spiro atoms. The lowest BCUT2D eigenvalue weighted by Crippen LogP contribution is -2.53. The van der Waals surface area contributed by atoms with E-state index in [4.69, 9.17) is 5.11 Å². The monoisotopic (exact) mass is 240 g/mol. The zero-order valence-corrected chi connectivity index (χ0v) is 9.97. The van der Waals surface area contributed by atoms with Crippen molar-refractivity contribution in [2.45, 2.75) is 13.8 Å². The number of carboxylic acid groups (broad SMARTS) is 1. The number of rotatable bonds is 4. The summed E-state index contributed by atoms with van der Waals surface area (Å²) in [7, 11) is 0. The first-order valence-electron chi connectivity index (χ1n) is 5.41. The maximum absolute atomic E-state index is 11.6. The Hall–Kier alpha value is -1.85. The van der Waals surface area contributed by atoms with Crippen LogP contribution in [0.15, 0.2) is 11.6 Å². The van der Waals surface area contributed by atoms with E-state index >= 15 is 0 Å². The lowest BCUT2D eigenvalue weighted by atomic mass is 10.2. The third-order valence-electron chi connectivity index (χ3n) is 2.69. The van der Waals surface area contributed by atoms with Crippen molar-refractivity contribution in [3.8, 4) is 0 Å². The Morgan fingerprint density at radius 3 is 2.35 bits per heavy atom. The summed E-state index contributed by atoms with van der Waals surface area (Å²) in [6, 6.07) is 0. The highest BCUT2D eigenvalue weighted by Crippen LogP contribution is 2.05. The van der Waals surface area contributed by atoms with Crippen molar-refractivity contribution in [2.24, 2.45) is 0 Å². The van der Waals surface area contributed by atoms with Gasteiger partial charge in [-0.2, -0.15) is 0 Å². The van der Waals surface area contributed by atoms with E-state index in [0.717, 1.165) is 0 Å². The molecule has 1 saturated heterocycles. The van der Waals surface area contributed by atoms with Crippen molar-refractivity contribution in [2.75, 3.05) is 26.2 Å². The molecular weight excluding hydrogens is 224 g/mol. The molecule has 0 aliphatic carbocycles. The number of hydrogen-bond acceptors (Lipinski definition) is 3. The van der Waals surface area contributed by atoms with Gasteiger partial charge in [0, 0.05) is 18.7 Å². The van der Waals surface area contributed by atoms with Gasteiger partial charge < -0.3 is 14.9 Å².